The second kappa shape index (κ2) is 6.46. The number of carbonyl (C=O) groups excluding carboxylic acids is 1. The van der Waals surface area contributed by atoms with Crippen molar-refractivity contribution in [3.63, 3.8) is 0 Å². The Kier molecular flexibility index (Phi) is 4.91. The first kappa shape index (κ1) is 14.4. The zero-order valence-electron chi connectivity index (χ0n) is 10.6. The predicted octanol–water partition coefficient (Wildman–Crippen LogP) is 4.77. The highest BCUT2D eigenvalue weighted by atomic mass is 35.5. The number of hydrogen-bond acceptors (Lipinski definition) is 4. The molecule has 1 heterocycles. The lowest BCUT2D eigenvalue weighted by atomic mass is 10.2. The van der Waals surface area contributed by atoms with Gasteiger partial charge in [-0.15, -0.1) is 23.1 Å². The fourth-order valence-electron chi connectivity index (χ4n) is 1.58. The first-order valence-electron chi connectivity index (χ1n) is 5.70. The molecule has 1 aromatic carbocycles. The second-order valence-electron chi connectivity index (χ2n) is 3.91. The Bertz CT molecular complexity index is 580. The lowest BCUT2D eigenvalue weighted by molar-refractivity contribution is 0.0998. The third kappa shape index (κ3) is 3.75. The molecule has 0 amide bonds. The quantitative estimate of drug-likeness (QED) is 0.587. The molecule has 0 spiro atoms. The van der Waals surface area contributed by atoms with Crippen LogP contribution < -0.4 is 4.74 Å². The van der Waals surface area contributed by atoms with Gasteiger partial charge < -0.3 is 4.74 Å². The molecular weight excluding hydrogens is 300 g/mol. The Labute approximate surface area is 125 Å². The summed E-state index contributed by atoms with van der Waals surface area (Å²) in [6, 6.07) is 11.2. The maximum absolute atomic E-state index is 12.2. The van der Waals surface area contributed by atoms with Crippen LogP contribution in [0.4, 0.5) is 0 Å². The summed E-state index contributed by atoms with van der Waals surface area (Å²) in [5.41, 5.74) is 0. The molecule has 0 aliphatic heterocycles. The van der Waals surface area contributed by atoms with Gasteiger partial charge in [0, 0.05) is 4.90 Å². The van der Waals surface area contributed by atoms with Crippen molar-refractivity contribution in [2.75, 3.05) is 7.11 Å². The first-order valence-corrected chi connectivity index (χ1v) is 7.78. The van der Waals surface area contributed by atoms with E-state index in [0.29, 0.717) is 9.21 Å². The molecule has 100 valence electrons. The van der Waals surface area contributed by atoms with Gasteiger partial charge in [0.25, 0.3) is 0 Å². The maximum Gasteiger partial charge on any atom is 0.185 e. The number of carbonyl (C=O) groups is 1. The van der Waals surface area contributed by atoms with E-state index in [2.05, 4.69) is 0 Å². The number of Topliss-reactive ketones (excluding diaryl/α,β-unsaturated/α-hetero) is 1. The van der Waals surface area contributed by atoms with E-state index in [1.165, 1.54) is 23.1 Å². The molecule has 0 fully saturated rings. The van der Waals surface area contributed by atoms with Crippen molar-refractivity contribution >= 4 is 40.5 Å². The number of benzene rings is 1. The summed E-state index contributed by atoms with van der Waals surface area (Å²) >= 11 is 8.69. The Hall–Kier alpha value is -0.970. The van der Waals surface area contributed by atoms with E-state index in [0.717, 1.165) is 10.6 Å². The molecule has 0 bridgehead atoms. The monoisotopic (exact) mass is 312 g/mol. The number of halogens is 1. The van der Waals surface area contributed by atoms with Crippen LogP contribution >= 0.6 is 34.7 Å². The maximum atomic E-state index is 12.2. The van der Waals surface area contributed by atoms with E-state index >= 15 is 0 Å². The van der Waals surface area contributed by atoms with Crippen LogP contribution in [0.5, 0.6) is 5.75 Å². The van der Waals surface area contributed by atoms with Crippen molar-refractivity contribution in [3.05, 3.63) is 45.6 Å². The zero-order valence-corrected chi connectivity index (χ0v) is 12.9. The smallest absolute Gasteiger partial charge is 0.185 e. The van der Waals surface area contributed by atoms with Crippen molar-refractivity contribution in [1.29, 1.82) is 0 Å². The summed E-state index contributed by atoms with van der Waals surface area (Å²) in [5.74, 6) is 0.897. The lowest BCUT2D eigenvalue weighted by Crippen LogP contribution is -2.11. The topological polar surface area (TPSA) is 26.3 Å². The number of rotatable bonds is 5. The molecule has 0 aliphatic rings. The van der Waals surface area contributed by atoms with E-state index in [4.69, 9.17) is 16.3 Å². The van der Waals surface area contributed by atoms with E-state index in [1.54, 1.807) is 19.2 Å². The van der Waals surface area contributed by atoms with Gasteiger partial charge in [0.15, 0.2) is 5.78 Å². The van der Waals surface area contributed by atoms with Crippen LogP contribution in [-0.4, -0.2) is 18.1 Å². The Morgan fingerprint density at radius 1 is 1.37 bits per heavy atom. The average Bonchev–Trinajstić information content (AvgIpc) is 2.84. The van der Waals surface area contributed by atoms with Gasteiger partial charge in [0.1, 0.15) is 5.75 Å². The first-order chi connectivity index (χ1) is 9.10. The minimum absolute atomic E-state index is 0.102. The largest absolute Gasteiger partial charge is 0.497 e. The van der Waals surface area contributed by atoms with Gasteiger partial charge >= 0.3 is 0 Å². The highest BCUT2D eigenvalue weighted by molar-refractivity contribution is 8.00. The zero-order chi connectivity index (χ0) is 13.8. The summed E-state index contributed by atoms with van der Waals surface area (Å²) in [7, 11) is 1.63. The number of ketones is 1. The summed E-state index contributed by atoms with van der Waals surface area (Å²) in [5, 5.41) is -0.151. The van der Waals surface area contributed by atoms with Gasteiger partial charge in [-0.05, 0) is 37.3 Å². The van der Waals surface area contributed by atoms with Gasteiger partial charge in [-0.1, -0.05) is 17.7 Å². The van der Waals surface area contributed by atoms with Gasteiger partial charge in [-0.25, -0.2) is 0 Å². The number of methoxy groups -OCH3 is 1. The van der Waals surface area contributed by atoms with Gasteiger partial charge in [0.05, 0.1) is 21.6 Å². The highest BCUT2D eigenvalue weighted by Gasteiger charge is 2.18. The Morgan fingerprint density at radius 3 is 2.79 bits per heavy atom. The van der Waals surface area contributed by atoms with Crippen LogP contribution in [0.3, 0.4) is 0 Å². The van der Waals surface area contributed by atoms with Crippen molar-refractivity contribution in [1.82, 2.24) is 0 Å². The molecule has 0 saturated heterocycles. The van der Waals surface area contributed by atoms with Crippen molar-refractivity contribution < 1.29 is 9.53 Å². The SMILES string of the molecule is COc1cccc(SC(C)C(=O)c2ccc(Cl)s2)c1. The number of ether oxygens (including phenoxy) is 1. The molecular formula is C14H13ClO2S2. The van der Waals surface area contributed by atoms with E-state index in [-0.39, 0.29) is 11.0 Å². The number of thioether (sulfide) groups is 1. The standard InChI is InChI=1S/C14H13ClO2S2/c1-9(14(16)12-6-7-13(15)19-12)18-11-5-3-4-10(8-11)17-2/h3-9H,1-2H3. The van der Waals surface area contributed by atoms with Crippen LogP contribution in [-0.2, 0) is 0 Å². The Balaban J connectivity index is 2.07. The molecule has 2 rings (SSSR count). The summed E-state index contributed by atoms with van der Waals surface area (Å²) in [6.45, 7) is 1.90. The van der Waals surface area contributed by atoms with Gasteiger partial charge in [-0.3, -0.25) is 4.79 Å². The normalized spacial score (nSPS) is 12.2. The molecule has 1 unspecified atom stereocenters. The molecule has 19 heavy (non-hydrogen) atoms. The molecule has 0 radical (unpaired) electrons. The molecule has 0 aliphatic carbocycles. The minimum atomic E-state index is -0.151. The van der Waals surface area contributed by atoms with Gasteiger partial charge in [-0.2, -0.15) is 0 Å². The third-order valence-electron chi connectivity index (χ3n) is 2.54. The highest BCUT2D eigenvalue weighted by Crippen LogP contribution is 2.30. The molecule has 2 aromatic rings. The number of thiophene rings is 1. The van der Waals surface area contributed by atoms with Crippen LogP contribution in [0, 0.1) is 0 Å². The molecule has 1 atom stereocenters. The van der Waals surface area contributed by atoms with E-state index < -0.39 is 0 Å². The third-order valence-corrected chi connectivity index (χ3v) is 4.88. The van der Waals surface area contributed by atoms with Crippen molar-refractivity contribution in [2.24, 2.45) is 0 Å². The molecule has 5 heteroatoms. The fraction of sp³-hybridized carbons (Fsp3) is 0.214. The summed E-state index contributed by atoms with van der Waals surface area (Å²) in [4.78, 5) is 13.9. The average molecular weight is 313 g/mol. The van der Waals surface area contributed by atoms with Crippen LogP contribution in [0.15, 0.2) is 41.3 Å². The number of hydrogen-bond donors (Lipinski definition) is 0. The fourth-order valence-corrected chi connectivity index (χ4v) is 3.71. The summed E-state index contributed by atoms with van der Waals surface area (Å²) in [6.07, 6.45) is 0. The lowest BCUT2D eigenvalue weighted by Gasteiger charge is -2.09. The molecule has 0 N–H and O–H groups in total. The molecule has 2 nitrogen and oxygen atoms in total. The Morgan fingerprint density at radius 2 is 2.16 bits per heavy atom. The van der Waals surface area contributed by atoms with Gasteiger partial charge in [0.2, 0.25) is 0 Å². The predicted molar refractivity (Wildman–Crippen MR) is 82.0 cm³/mol. The van der Waals surface area contributed by atoms with Crippen LogP contribution in [0.2, 0.25) is 4.34 Å². The van der Waals surface area contributed by atoms with Crippen molar-refractivity contribution in [2.45, 2.75) is 17.1 Å². The molecule has 0 saturated carbocycles. The minimum Gasteiger partial charge on any atom is -0.497 e. The van der Waals surface area contributed by atoms with Crippen LogP contribution in [0.25, 0.3) is 0 Å². The summed E-state index contributed by atoms with van der Waals surface area (Å²) < 4.78 is 5.81. The van der Waals surface area contributed by atoms with E-state index in [9.17, 15) is 4.79 Å². The molecule has 1 aromatic heterocycles. The van der Waals surface area contributed by atoms with Crippen LogP contribution in [0.1, 0.15) is 16.6 Å². The van der Waals surface area contributed by atoms with E-state index in [1.807, 2.05) is 31.2 Å². The van der Waals surface area contributed by atoms with Crippen molar-refractivity contribution in [3.8, 4) is 5.75 Å². The second-order valence-corrected chi connectivity index (χ2v) is 7.04.